The summed E-state index contributed by atoms with van der Waals surface area (Å²) in [5.41, 5.74) is 1.66. The highest BCUT2D eigenvalue weighted by molar-refractivity contribution is 5.70. The molecule has 0 radical (unpaired) electrons. The van der Waals surface area contributed by atoms with Crippen LogP contribution in [0.3, 0.4) is 0 Å². The van der Waals surface area contributed by atoms with Crippen molar-refractivity contribution >= 4 is 5.82 Å². The first-order chi connectivity index (χ1) is 11.5. The largest absolute Gasteiger partial charge is 0.380 e. The number of hydrogen-bond donors (Lipinski definition) is 1. The predicted octanol–water partition coefficient (Wildman–Crippen LogP) is 3.81. The molecule has 24 heavy (non-hydrogen) atoms. The molecule has 1 aromatic heterocycles. The zero-order chi connectivity index (χ0) is 17.3. The van der Waals surface area contributed by atoms with Crippen molar-refractivity contribution in [2.45, 2.75) is 38.1 Å². The monoisotopic (exact) mass is 339 g/mol. The topological polar surface area (TPSA) is 39.1 Å². The second-order valence-electron chi connectivity index (χ2n) is 6.14. The van der Waals surface area contributed by atoms with E-state index in [-0.39, 0.29) is 12.6 Å². The molecule has 4 nitrogen and oxygen atoms in total. The van der Waals surface area contributed by atoms with Gasteiger partial charge in [0, 0.05) is 37.4 Å². The van der Waals surface area contributed by atoms with Crippen molar-refractivity contribution in [3.8, 4) is 11.3 Å². The maximum absolute atomic E-state index is 13.6. The second-order valence-corrected chi connectivity index (χ2v) is 6.14. The van der Waals surface area contributed by atoms with Crippen LogP contribution in [0.25, 0.3) is 11.3 Å². The maximum atomic E-state index is 13.6. The van der Waals surface area contributed by atoms with Gasteiger partial charge >= 0.3 is 0 Å². The highest BCUT2D eigenvalue weighted by Gasteiger charge is 2.27. The highest BCUT2D eigenvalue weighted by atomic mass is 19.1. The van der Waals surface area contributed by atoms with Gasteiger partial charge in [0.2, 0.25) is 0 Å². The number of alkyl halides is 1. The standard InChI is InChI=1S/C17H20F3N3O/c1-23-16(10-5-12(19)7-13(20)6-10)15(9-24-2)17(22-23)21-14-4-3-11(18)8-14/h5-7,11,14H,3-4,8-9H2,1-2H3,(H,21,22)/t11-,14+/m1/s1. The lowest BCUT2D eigenvalue weighted by molar-refractivity contribution is 0.185. The molecule has 0 aliphatic heterocycles. The Balaban J connectivity index is 1.99. The summed E-state index contributed by atoms with van der Waals surface area (Å²) in [4.78, 5) is 0. The Hall–Kier alpha value is -2.02. The van der Waals surface area contributed by atoms with Gasteiger partial charge in [0.1, 0.15) is 17.8 Å². The third kappa shape index (κ3) is 3.40. The summed E-state index contributed by atoms with van der Waals surface area (Å²) in [5, 5.41) is 7.66. The van der Waals surface area contributed by atoms with E-state index in [1.807, 2.05) is 0 Å². The summed E-state index contributed by atoms with van der Waals surface area (Å²) in [5.74, 6) is -0.738. The zero-order valence-corrected chi connectivity index (χ0v) is 13.7. The van der Waals surface area contributed by atoms with Crippen molar-refractivity contribution in [1.82, 2.24) is 9.78 Å². The molecule has 1 fully saturated rings. The Morgan fingerprint density at radius 3 is 2.54 bits per heavy atom. The molecule has 0 amide bonds. The number of ether oxygens (including phenoxy) is 1. The summed E-state index contributed by atoms with van der Waals surface area (Å²) in [6, 6.07) is 3.35. The van der Waals surface area contributed by atoms with Crippen LogP contribution in [0.4, 0.5) is 19.0 Å². The Labute approximate surface area is 138 Å². The quantitative estimate of drug-likeness (QED) is 0.900. The first-order valence-electron chi connectivity index (χ1n) is 7.89. The average Bonchev–Trinajstić information content (AvgIpc) is 3.03. The minimum absolute atomic E-state index is 0.00241. The van der Waals surface area contributed by atoms with Crippen molar-refractivity contribution in [3.63, 3.8) is 0 Å². The number of nitrogens with zero attached hydrogens (tertiary/aromatic N) is 2. The normalized spacial score (nSPS) is 20.5. The van der Waals surface area contributed by atoms with E-state index in [1.54, 1.807) is 18.8 Å². The molecular weight excluding hydrogens is 319 g/mol. The van der Waals surface area contributed by atoms with Crippen LogP contribution >= 0.6 is 0 Å². The first kappa shape index (κ1) is 16.8. The number of halogens is 3. The van der Waals surface area contributed by atoms with Gasteiger partial charge in [-0.25, -0.2) is 13.2 Å². The summed E-state index contributed by atoms with van der Waals surface area (Å²) >= 11 is 0. The minimum Gasteiger partial charge on any atom is -0.380 e. The van der Waals surface area contributed by atoms with Crippen LogP contribution in [0.15, 0.2) is 18.2 Å². The summed E-state index contributed by atoms with van der Waals surface area (Å²) in [6.45, 7) is 0.232. The molecule has 130 valence electrons. The smallest absolute Gasteiger partial charge is 0.154 e. The molecule has 7 heteroatoms. The molecule has 1 N–H and O–H groups in total. The lowest BCUT2D eigenvalue weighted by atomic mass is 10.1. The van der Waals surface area contributed by atoms with E-state index in [0.29, 0.717) is 35.5 Å². The summed E-state index contributed by atoms with van der Waals surface area (Å²) < 4.78 is 47.4. The summed E-state index contributed by atoms with van der Waals surface area (Å²) in [7, 11) is 3.25. The van der Waals surface area contributed by atoms with Gasteiger partial charge < -0.3 is 10.1 Å². The molecule has 3 rings (SSSR count). The molecule has 1 heterocycles. The van der Waals surface area contributed by atoms with Crippen LogP contribution in [0.5, 0.6) is 0 Å². The second kappa shape index (κ2) is 6.84. The molecule has 2 atom stereocenters. The molecule has 1 aliphatic carbocycles. The third-order valence-electron chi connectivity index (χ3n) is 4.28. The van der Waals surface area contributed by atoms with Crippen LogP contribution in [0, 0.1) is 11.6 Å². The van der Waals surface area contributed by atoms with Crippen LogP contribution < -0.4 is 5.32 Å². The number of nitrogens with one attached hydrogen (secondary N) is 1. The SMILES string of the molecule is COCc1c(N[C@H]2CC[C@@H](F)C2)nn(C)c1-c1cc(F)cc(F)c1. The van der Waals surface area contributed by atoms with E-state index in [4.69, 9.17) is 4.74 Å². The van der Waals surface area contributed by atoms with Crippen molar-refractivity contribution in [2.24, 2.45) is 7.05 Å². The molecule has 2 aromatic rings. The van der Waals surface area contributed by atoms with Crippen molar-refractivity contribution in [3.05, 3.63) is 35.4 Å². The number of aryl methyl sites for hydroxylation is 1. The number of methoxy groups -OCH3 is 1. The van der Waals surface area contributed by atoms with Crippen molar-refractivity contribution in [1.29, 1.82) is 0 Å². The Morgan fingerprint density at radius 2 is 1.96 bits per heavy atom. The molecule has 0 saturated heterocycles. The van der Waals surface area contributed by atoms with Gasteiger partial charge in [-0.1, -0.05) is 0 Å². The maximum Gasteiger partial charge on any atom is 0.154 e. The number of hydrogen-bond acceptors (Lipinski definition) is 3. The molecule has 0 unspecified atom stereocenters. The Morgan fingerprint density at radius 1 is 1.25 bits per heavy atom. The van der Waals surface area contributed by atoms with Crippen molar-refractivity contribution in [2.75, 3.05) is 12.4 Å². The molecule has 1 aliphatic rings. The van der Waals surface area contributed by atoms with Gasteiger partial charge in [-0.05, 0) is 31.4 Å². The number of anilines is 1. The van der Waals surface area contributed by atoms with Crippen molar-refractivity contribution < 1.29 is 17.9 Å². The van der Waals surface area contributed by atoms with Gasteiger partial charge in [-0.3, -0.25) is 4.68 Å². The van der Waals surface area contributed by atoms with E-state index in [0.717, 1.165) is 12.5 Å². The van der Waals surface area contributed by atoms with Crippen LogP contribution in [-0.4, -0.2) is 29.1 Å². The molecule has 1 aromatic carbocycles. The molecule has 0 bridgehead atoms. The van der Waals surface area contributed by atoms with Gasteiger partial charge in [-0.15, -0.1) is 0 Å². The van der Waals surface area contributed by atoms with Crippen LogP contribution in [-0.2, 0) is 18.4 Å². The van der Waals surface area contributed by atoms with Gasteiger partial charge in [0.15, 0.2) is 5.82 Å². The van der Waals surface area contributed by atoms with Gasteiger partial charge in [-0.2, -0.15) is 5.10 Å². The summed E-state index contributed by atoms with van der Waals surface area (Å²) in [6.07, 6.45) is 0.904. The Bertz CT molecular complexity index is 712. The van der Waals surface area contributed by atoms with Crippen LogP contribution in [0.1, 0.15) is 24.8 Å². The van der Waals surface area contributed by atoms with Crippen LogP contribution in [0.2, 0.25) is 0 Å². The predicted molar refractivity (Wildman–Crippen MR) is 85.4 cm³/mol. The fourth-order valence-corrected chi connectivity index (χ4v) is 3.27. The molecular formula is C17H20F3N3O. The van der Waals surface area contributed by atoms with E-state index in [2.05, 4.69) is 10.4 Å². The van der Waals surface area contributed by atoms with E-state index >= 15 is 0 Å². The first-order valence-corrected chi connectivity index (χ1v) is 7.89. The third-order valence-corrected chi connectivity index (χ3v) is 4.28. The van der Waals surface area contributed by atoms with Gasteiger partial charge in [0.25, 0.3) is 0 Å². The zero-order valence-electron chi connectivity index (χ0n) is 13.7. The highest BCUT2D eigenvalue weighted by Crippen LogP contribution is 2.33. The number of rotatable bonds is 5. The fourth-order valence-electron chi connectivity index (χ4n) is 3.27. The van der Waals surface area contributed by atoms with E-state index in [1.165, 1.54) is 12.1 Å². The van der Waals surface area contributed by atoms with Gasteiger partial charge in [0.05, 0.1) is 12.3 Å². The minimum atomic E-state index is -0.797. The lowest BCUT2D eigenvalue weighted by Gasteiger charge is -2.13. The fraction of sp³-hybridized carbons (Fsp3) is 0.471. The van der Waals surface area contributed by atoms with E-state index < -0.39 is 17.8 Å². The van der Waals surface area contributed by atoms with E-state index in [9.17, 15) is 13.2 Å². The number of benzene rings is 1. The average molecular weight is 339 g/mol. The number of aromatic nitrogens is 2. The molecule has 1 saturated carbocycles. The Kier molecular flexibility index (Phi) is 4.80. The lowest BCUT2D eigenvalue weighted by Crippen LogP contribution is -2.17. The molecule has 0 spiro atoms.